The van der Waals surface area contributed by atoms with E-state index in [0.717, 1.165) is 29.3 Å². The van der Waals surface area contributed by atoms with E-state index in [1.807, 2.05) is 5.38 Å². The van der Waals surface area contributed by atoms with E-state index in [2.05, 4.69) is 57.1 Å². The van der Waals surface area contributed by atoms with Gasteiger partial charge in [0.05, 0.1) is 11.4 Å². The number of carbonyl (C=O) groups excluding carboxylic acids is 1. The molecule has 0 radical (unpaired) electrons. The number of hydrogen-bond donors (Lipinski definition) is 1. The molecule has 0 saturated heterocycles. The summed E-state index contributed by atoms with van der Waals surface area (Å²) in [5.41, 5.74) is 4.44. The summed E-state index contributed by atoms with van der Waals surface area (Å²) >= 11 is 2.85. The number of anilines is 1. The van der Waals surface area contributed by atoms with Crippen LogP contribution in [0, 0.1) is 13.8 Å². The molecule has 1 aliphatic carbocycles. The van der Waals surface area contributed by atoms with E-state index in [-0.39, 0.29) is 5.91 Å². The Hall–Kier alpha value is -2.19. The third-order valence-electron chi connectivity index (χ3n) is 4.37. The number of benzene rings is 1. The topological polar surface area (TPSA) is 72.7 Å². The number of carbonyl (C=O) groups is 1. The Bertz CT molecular complexity index is 945. The van der Waals surface area contributed by atoms with Crippen molar-refractivity contribution < 1.29 is 4.79 Å². The first-order valence-electron chi connectivity index (χ1n) is 8.45. The van der Waals surface area contributed by atoms with Crippen molar-refractivity contribution in [3.8, 4) is 11.3 Å². The van der Waals surface area contributed by atoms with Gasteiger partial charge in [-0.3, -0.25) is 4.79 Å². The maximum Gasteiger partial charge on any atom is 0.236 e. The Morgan fingerprint density at radius 1 is 1.35 bits per heavy atom. The molecule has 0 unspecified atom stereocenters. The molecule has 1 aliphatic rings. The Labute approximate surface area is 160 Å². The van der Waals surface area contributed by atoms with E-state index >= 15 is 0 Å². The van der Waals surface area contributed by atoms with Crippen LogP contribution in [0.2, 0.25) is 0 Å². The Balaban J connectivity index is 1.36. The molecule has 6 nitrogen and oxygen atoms in total. The minimum Gasteiger partial charge on any atom is -0.306 e. The predicted octanol–water partition coefficient (Wildman–Crippen LogP) is 4.08. The van der Waals surface area contributed by atoms with Gasteiger partial charge in [-0.05, 0) is 43.9 Å². The largest absolute Gasteiger partial charge is 0.306 e. The Morgan fingerprint density at radius 3 is 2.96 bits per heavy atom. The lowest BCUT2D eigenvalue weighted by Crippen LogP contribution is -2.14. The normalized spacial score (nSPS) is 13.8. The first-order chi connectivity index (χ1) is 12.6. The molecule has 0 atom stereocenters. The summed E-state index contributed by atoms with van der Waals surface area (Å²) in [6.07, 6.45) is 4.07. The second kappa shape index (κ2) is 7.20. The van der Waals surface area contributed by atoms with E-state index in [1.165, 1.54) is 34.2 Å². The molecule has 2 aromatic heterocycles. The lowest BCUT2D eigenvalue weighted by Gasteiger charge is -2.04. The number of thioether (sulfide) groups is 1. The lowest BCUT2D eigenvalue weighted by atomic mass is 10.1. The number of rotatable bonds is 6. The van der Waals surface area contributed by atoms with Crippen molar-refractivity contribution in [3.05, 3.63) is 41.0 Å². The van der Waals surface area contributed by atoms with Crippen molar-refractivity contribution in [3.63, 3.8) is 0 Å². The van der Waals surface area contributed by atoms with Gasteiger partial charge in [-0.1, -0.05) is 23.9 Å². The highest BCUT2D eigenvalue weighted by atomic mass is 32.2. The summed E-state index contributed by atoms with van der Waals surface area (Å²) in [7, 11) is 0. The highest BCUT2D eigenvalue weighted by molar-refractivity contribution is 7.99. The van der Waals surface area contributed by atoms with Crippen LogP contribution in [0.1, 0.15) is 30.0 Å². The highest BCUT2D eigenvalue weighted by Gasteiger charge is 2.26. The maximum absolute atomic E-state index is 12.2. The van der Waals surface area contributed by atoms with Gasteiger partial charge in [0.15, 0.2) is 10.3 Å². The van der Waals surface area contributed by atoms with Gasteiger partial charge in [0.25, 0.3) is 0 Å². The molecule has 1 fully saturated rings. The van der Waals surface area contributed by atoms with E-state index in [9.17, 15) is 4.79 Å². The van der Waals surface area contributed by atoms with Gasteiger partial charge in [0.2, 0.25) is 5.91 Å². The molecular formula is C18H19N5OS2. The molecule has 1 N–H and O–H groups in total. The van der Waals surface area contributed by atoms with Crippen LogP contribution in [0.4, 0.5) is 5.13 Å². The third-order valence-corrected chi connectivity index (χ3v) is 6.08. The van der Waals surface area contributed by atoms with Crippen LogP contribution in [0.3, 0.4) is 0 Å². The predicted molar refractivity (Wildman–Crippen MR) is 105 cm³/mol. The first kappa shape index (κ1) is 17.2. The molecule has 134 valence electrons. The third kappa shape index (κ3) is 3.81. The molecule has 1 amide bonds. The maximum atomic E-state index is 12.2. The van der Waals surface area contributed by atoms with Gasteiger partial charge < -0.3 is 9.88 Å². The summed E-state index contributed by atoms with van der Waals surface area (Å²) in [5, 5.41) is 14.3. The van der Waals surface area contributed by atoms with E-state index in [4.69, 9.17) is 0 Å². The summed E-state index contributed by atoms with van der Waals surface area (Å²) in [6, 6.07) is 6.78. The van der Waals surface area contributed by atoms with Crippen LogP contribution < -0.4 is 5.32 Å². The van der Waals surface area contributed by atoms with Crippen molar-refractivity contribution in [2.75, 3.05) is 11.1 Å². The molecule has 1 aromatic carbocycles. The molecule has 4 rings (SSSR count). The van der Waals surface area contributed by atoms with E-state index in [1.54, 1.807) is 6.33 Å². The average molecular weight is 386 g/mol. The molecule has 3 aromatic rings. The standard InChI is InChI=1S/C18H19N5OS2/c1-11-3-4-13(7-12(11)2)15-8-25-17(20-15)21-16(24)9-26-18-22-19-10-23(18)14-5-6-14/h3-4,7-8,10,14H,5-6,9H2,1-2H3,(H,20,21,24). The molecular weight excluding hydrogens is 366 g/mol. The van der Waals surface area contributed by atoms with Crippen LogP contribution in [-0.2, 0) is 4.79 Å². The summed E-state index contributed by atoms with van der Waals surface area (Å²) in [5.74, 6) is 0.214. The van der Waals surface area contributed by atoms with E-state index < -0.39 is 0 Å². The molecule has 8 heteroatoms. The Morgan fingerprint density at radius 2 is 2.19 bits per heavy atom. The van der Waals surface area contributed by atoms with Gasteiger partial charge in [-0.25, -0.2) is 4.98 Å². The van der Waals surface area contributed by atoms with Crippen LogP contribution in [0.15, 0.2) is 35.1 Å². The first-order valence-corrected chi connectivity index (χ1v) is 10.3. The molecule has 0 aliphatic heterocycles. The van der Waals surface area contributed by atoms with Crippen molar-refractivity contribution in [2.45, 2.75) is 37.9 Å². The molecule has 0 bridgehead atoms. The van der Waals surface area contributed by atoms with E-state index in [0.29, 0.717) is 16.9 Å². The number of aromatic nitrogens is 4. The number of aryl methyl sites for hydroxylation is 2. The minimum atomic E-state index is -0.0821. The number of nitrogens with one attached hydrogen (secondary N) is 1. The zero-order valence-electron chi connectivity index (χ0n) is 14.6. The molecule has 26 heavy (non-hydrogen) atoms. The van der Waals surface area contributed by atoms with Crippen molar-refractivity contribution in [1.82, 2.24) is 19.7 Å². The smallest absolute Gasteiger partial charge is 0.236 e. The fraction of sp³-hybridized carbons (Fsp3) is 0.333. The zero-order chi connectivity index (χ0) is 18.1. The Kier molecular flexibility index (Phi) is 4.78. The van der Waals surface area contributed by atoms with Gasteiger partial charge >= 0.3 is 0 Å². The van der Waals surface area contributed by atoms with Gasteiger partial charge in [-0.2, -0.15) is 0 Å². The second-order valence-corrected chi connectivity index (χ2v) is 8.23. The SMILES string of the molecule is Cc1ccc(-c2csc(NC(=O)CSc3nncn3C3CC3)n2)cc1C. The number of amides is 1. The van der Waals surface area contributed by atoms with Crippen LogP contribution in [-0.4, -0.2) is 31.4 Å². The number of nitrogens with zero attached hydrogens (tertiary/aromatic N) is 4. The fourth-order valence-electron chi connectivity index (χ4n) is 2.59. The summed E-state index contributed by atoms with van der Waals surface area (Å²) < 4.78 is 2.05. The monoisotopic (exact) mass is 385 g/mol. The summed E-state index contributed by atoms with van der Waals surface area (Å²) in [4.78, 5) is 16.8. The molecule has 1 saturated carbocycles. The minimum absolute atomic E-state index is 0.0821. The quantitative estimate of drug-likeness (QED) is 0.647. The second-order valence-electron chi connectivity index (χ2n) is 6.43. The summed E-state index contributed by atoms with van der Waals surface area (Å²) in [6.45, 7) is 4.18. The van der Waals surface area contributed by atoms with Gasteiger partial charge in [-0.15, -0.1) is 21.5 Å². The van der Waals surface area contributed by atoms with Crippen molar-refractivity contribution in [2.24, 2.45) is 0 Å². The molecule has 2 heterocycles. The molecule has 0 spiro atoms. The van der Waals surface area contributed by atoms with Crippen LogP contribution in [0.5, 0.6) is 0 Å². The number of hydrogen-bond acceptors (Lipinski definition) is 6. The van der Waals surface area contributed by atoms with Gasteiger partial charge in [0, 0.05) is 17.0 Å². The fourth-order valence-corrected chi connectivity index (χ4v) is 4.11. The number of thiazole rings is 1. The zero-order valence-corrected chi connectivity index (χ0v) is 16.2. The lowest BCUT2D eigenvalue weighted by molar-refractivity contribution is -0.113. The van der Waals surface area contributed by atoms with Crippen molar-refractivity contribution >= 4 is 34.1 Å². The average Bonchev–Trinajstić information content (AvgIpc) is 3.17. The van der Waals surface area contributed by atoms with Gasteiger partial charge in [0.1, 0.15) is 6.33 Å². The van der Waals surface area contributed by atoms with Crippen LogP contribution in [0.25, 0.3) is 11.3 Å². The van der Waals surface area contributed by atoms with Crippen molar-refractivity contribution in [1.29, 1.82) is 0 Å². The highest BCUT2D eigenvalue weighted by Crippen LogP contribution is 2.37. The van der Waals surface area contributed by atoms with Crippen LogP contribution >= 0.6 is 23.1 Å².